The summed E-state index contributed by atoms with van der Waals surface area (Å²) >= 11 is 11.9. The summed E-state index contributed by atoms with van der Waals surface area (Å²) in [5, 5.41) is 3.65. The Bertz CT molecular complexity index is 691. The predicted molar refractivity (Wildman–Crippen MR) is 92.8 cm³/mol. The molecule has 0 radical (unpaired) electrons. The molecule has 0 fully saturated rings. The van der Waals surface area contributed by atoms with Gasteiger partial charge in [0, 0.05) is 5.02 Å². The number of hydrogen-bond acceptors (Lipinski definition) is 3. The van der Waals surface area contributed by atoms with Crippen molar-refractivity contribution >= 4 is 34.8 Å². The SMILES string of the molecule is CCOc1ccccc1NC(=O)[C@H](C)Oc1ccc(Cl)cc1Cl. The van der Waals surface area contributed by atoms with Crippen molar-refractivity contribution in [1.29, 1.82) is 0 Å². The fourth-order valence-electron chi connectivity index (χ4n) is 1.90. The molecule has 23 heavy (non-hydrogen) atoms. The Balaban J connectivity index is 2.05. The molecule has 0 unspecified atom stereocenters. The summed E-state index contributed by atoms with van der Waals surface area (Å²) in [4.78, 5) is 12.3. The number of carbonyl (C=O) groups is 1. The standard InChI is InChI=1S/C17H17Cl2NO3/c1-3-22-16-7-5-4-6-14(16)20-17(21)11(2)23-15-9-8-12(18)10-13(15)19/h4-11H,3H2,1-2H3,(H,20,21)/t11-/m0/s1. The Morgan fingerprint density at radius 1 is 1.17 bits per heavy atom. The zero-order valence-electron chi connectivity index (χ0n) is 12.8. The molecule has 2 rings (SSSR count). The van der Waals surface area contributed by atoms with Crippen LogP contribution < -0.4 is 14.8 Å². The van der Waals surface area contributed by atoms with Crippen LogP contribution in [0.15, 0.2) is 42.5 Å². The average molecular weight is 354 g/mol. The summed E-state index contributed by atoms with van der Waals surface area (Å²) in [5.41, 5.74) is 0.594. The summed E-state index contributed by atoms with van der Waals surface area (Å²) < 4.78 is 11.1. The van der Waals surface area contributed by atoms with Crippen LogP contribution in [0.5, 0.6) is 11.5 Å². The molecular weight excluding hydrogens is 337 g/mol. The second-order valence-electron chi connectivity index (χ2n) is 4.75. The van der Waals surface area contributed by atoms with Gasteiger partial charge in [-0.1, -0.05) is 35.3 Å². The molecule has 0 spiro atoms. The second kappa shape index (κ2) is 8.09. The first-order valence-corrected chi connectivity index (χ1v) is 7.91. The first kappa shape index (κ1) is 17.4. The van der Waals surface area contributed by atoms with Gasteiger partial charge in [0.2, 0.25) is 0 Å². The molecule has 6 heteroatoms. The molecule has 4 nitrogen and oxygen atoms in total. The van der Waals surface area contributed by atoms with Gasteiger partial charge in [0.15, 0.2) is 6.10 Å². The van der Waals surface area contributed by atoms with Crippen molar-refractivity contribution in [2.24, 2.45) is 0 Å². The monoisotopic (exact) mass is 353 g/mol. The molecule has 0 bridgehead atoms. The maximum absolute atomic E-state index is 12.3. The van der Waals surface area contributed by atoms with Crippen molar-refractivity contribution < 1.29 is 14.3 Å². The fourth-order valence-corrected chi connectivity index (χ4v) is 2.35. The molecule has 0 saturated heterocycles. The first-order valence-electron chi connectivity index (χ1n) is 7.15. The van der Waals surface area contributed by atoms with Crippen LogP contribution in [-0.2, 0) is 4.79 Å². The lowest BCUT2D eigenvalue weighted by Crippen LogP contribution is -2.30. The Kier molecular flexibility index (Phi) is 6.13. The fraction of sp³-hybridized carbons (Fsp3) is 0.235. The van der Waals surface area contributed by atoms with Gasteiger partial charge in [-0.05, 0) is 44.2 Å². The number of anilines is 1. The van der Waals surface area contributed by atoms with Gasteiger partial charge >= 0.3 is 0 Å². The van der Waals surface area contributed by atoms with Crippen molar-refractivity contribution in [3.8, 4) is 11.5 Å². The maximum atomic E-state index is 12.3. The minimum Gasteiger partial charge on any atom is -0.492 e. The highest BCUT2D eigenvalue weighted by molar-refractivity contribution is 6.35. The van der Waals surface area contributed by atoms with Gasteiger partial charge in [-0.3, -0.25) is 4.79 Å². The van der Waals surface area contributed by atoms with E-state index in [2.05, 4.69) is 5.32 Å². The summed E-state index contributed by atoms with van der Waals surface area (Å²) in [6, 6.07) is 12.1. The molecule has 2 aromatic rings. The molecular formula is C17H17Cl2NO3. The van der Waals surface area contributed by atoms with Gasteiger partial charge < -0.3 is 14.8 Å². The van der Waals surface area contributed by atoms with E-state index in [4.69, 9.17) is 32.7 Å². The summed E-state index contributed by atoms with van der Waals surface area (Å²) in [6.45, 7) is 4.04. The zero-order chi connectivity index (χ0) is 16.8. The van der Waals surface area contributed by atoms with Crippen molar-refractivity contribution in [2.75, 3.05) is 11.9 Å². The third-order valence-electron chi connectivity index (χ3n) is 3.01. The molecule has 0 aliphatic heterocycles. The molecule has 0 heterocycles. The first-order chi connectivity index (χ1) is 11.0. The van der Waals surface area contributed by atoms with E-state index < -0.39 is 6.10 Å². The minimum atomic E-state index is -0.733. The lowest BCUT2D eigenvalue weighted by molar-refractivity contribution is -0.122. The summed E-state index contributed by atoms with van der Waals surface area (Å²) in [5.74, 6) is 0.708. The third-order valence-corrected chi connectivity index (χ3v) is 3.54. The number of carbonyl (C=O) groups excluding carboxylic acids is 1. The van der Waals surface area contributed by atoms with E-state index in [1.54, 1.807) is 37.3 Å². The quantitative estimate of drug-likeness (QED) is 0.811. The Morgan fingerprint density at radius 2 is 1.91 bits per heavy atom. The second-order valence-corrected chi connectivity index (χ2v) is 5.60. The topological polar surface area (TPSA) is 47.6 Å². The summed E-state index contributed by atoms with van der Waals surface area (Å²) in [7, 11) is 0. The Labute approximate surface area is 145 Å². The van der Waals surface area contributed by atoms with Gasteiger partial charge in [0.05, 0.1) is 17.3 Å². The van der Waals surface area contributed by atoms with Gasteiger partial charge in [-0.2, -0.15) is 0 Å². The highest BCUT2D eigenvalue weighted by Gasteiger charge is 2.18. The van der Waals surface area contributed by atoms with Crippen molar-refractivity contribution in [3.05, 3.63) is 52.5 Å². The van der Waals surface area contributed by atoms with Crippen molar-refractivity contribution in [2.45, 2.75) is 20.0 Å². The van der Waals surface area contributed by atoms with E-state index >= 15 is 0 Å². The number of ether oxygens (including phenoxy) is 2. The zero-order valence-corrected chi connectivity index (χ0v) is 14.3. The maximum Gasteiger partial charge on any atom is 0.265 e. The van der Waals surface area contributed by atoms with Gasteiger partial charge in [-0.25, -0.2) is 0 Å². The molecule has 1 amide bonds. The van der Waals surface area contributed by atoms with E-state index in [0.29, 0.717) is 33.8 Å². The number of para-hydroxylation sites is 2. The molecule has 1 atom stereocenters. The molecule has 0 aliphatic carbocycles. The lowest BCUT2D eigenvalue weighted by Gasteiger charge is -2.17. The van der Waals surface area contributed by atoms with Crippen molar-refractivity contribution in [1.82, 2.24) is 0 Å². The van der Waals surface area contributed by atoms with E-state index in [1.165, 1.54) is 0 Å². The number of amides is 1. The van der Waals surface area contributed by atoms with Crippen LogP contribution in [0.4, 0.5) is 5.69 Å². The van der Waals surface area contributed by atoms with Crippen LogP contribution in [-0.4, -0.2) is 18.6 Å². The predicted octanol–water partition coefficient (Wildman–Crippen LogP) is 4.80. The van der Waals surface area contributed by atoms with Gasteiger partial charge in [0.25, 0.3) is 5.91 Å². The number of rotatable bonds is 6. The number of benzene rings is 2. The molecule has 1 N–H and O–H groups in total. The molecule has 0 saturated carbocycles. The number of nitrogens with one attached hydrogen (secondary N) is 1. The van der Waals surface area contributed by atoms with E-state index in [1.807, 2.05) is 19.1 Å². The Hall–Kier alpha value is -1.91. The number of hydrogen-bond donors (Lipinski definition) is 1. The molecule has 0 aromatic heterocycles. The smallest absolute Gasteiger partial charge is 0.265 e. The molecule has 2 aromatic carbocycles. The molecule has 122 valence electrons. The molecule has 0 aliphatic rings. The van der Waals surface area contributed by atoms with E-state index in [-0.39, 0.29) is 5.91 Å². The largest absolute Gasteiger partial charge is 0.492 e. The van der Waals surface area contributed by atoms with Crippen molar-refractivity contribution in [3.63, 3.8) is 0 Å². The van der Waals surface area contributed by atoms with Crippen LogP contribution in [0.3, 0.4) is 0 Å². The number of halogens is 2. The van der Waals surface area contributed by atoms with E-state index in [0.717, 1.165) is 0 Å². The van der Waals surface area contributed by atoms with Crippen LogP contribution in [0.25, 0.3) is 0 Å². The van der Waals surface area contributed by atoms with Crippen LogP contribution >= 0.6 is 23.2 Å². The van der Waals surface area contributed by atoms with Gasteiger partial charge in [-0.15, -0.1) is 0 Å². The normalized spacial score (nSPS) is 11.7. The lowest BCUT2D eigenvalue weighted by atomic mass is 10.2. The van der Waals surface area contributed by atoms with E-state index in [9.17, 15) is 4.79 Å². The minimum absolute atomic E-state index is 0.303. The Morgan fingerprint density at radius 3 is 2.61 bits per heavy atom. The average Bonchev–Trinajstić information content (AvgIpc) is 2.52. The third kappa shape index (κ3) is 4.78. The highest BCUT2D eigenvalue weighted by atomic mass is 35.5. The van der Waals surface area contributed by atoms with Crippen LogP contribution in [0.2, 0.25) is 10.0 Å². The van der Waals surface area contributed by atoms with Crippen LogP contribution in [0, 0.1) is 0 Å². The van der Waals surface area contributed by atoms with Crippen LogP contribution in [0.1, 0.15) is 13.8 Å². The summed E-state index contributed by atoms with van der Waals surface area (Å²) in [6.07, 6.45) is -0.733. The van der Waals surface area contributed by atoms with Gasteiger partial charge in [0.1, 0.15) is 11.5 Å². The highest BCUT2D eigenvalue weighted by Crippen LogP contribution is 2.29.